The standard InChI is InChI=1S/C23H31N3O5/c1-8-16-11-10-12-17(13-16)19(20(28)24-15(3)4)26(9-2)21(29)18(14-27)25-22(30)31-23(5,6)7/h2,8,10-13,15,18-19,27H,1,14H2,3-7H3,(H,24,28)(H,25,30). The van der Waals surface area contributed by atoms with Crippen LogP contribution in [0.3, 0.4) is 0 Å². The molecule has 2 atom stereocenters. The Bertz CT molecular complexity index is 852. The number of nitrogens with zero attached hydrogens (tertiary/aromatic N) is 1. The smallest absolute Gasteiger partial charge is 0.408 e. The Morgan fingerprint density at radius 2 is 1.94 bits per heavy atom. The van der Waals surface area contributed by atoms with Gasteiger partial charge in [-0.05, 0) is 51.8 Å². The van der Waals surface area contributed by atoms with Crippen molar-refractivity contribution in [1.29, 1.82) is 0 Å². The van der Waals surface area contributed by atoms with E-state index < -0.39 is 42.2 Å². The number of aliphatic hydroxyl groups is 1. The van der Waals surface area contributed by atoms with Gasteiger partial charge in [0.15, 0.2) is 0 Å². The van der Waals surface area contributed by atoms with E-state index in [9.17, 15) is 19.5 Å². The number of nitrogens with one attached hydrogen (secondary N) is 2. The number of ether oxygens (including phenoxy) is 1. The van der Waals surface area contributed by atoms with Gasteiger partial charge in [0.1, 0.15) is 17.7 Å². The van der Waals surface area contributed by atoms with Crippen molar-refractivity contribution in [2.75, 3.05) is 6.61 Å². The maximum absolute atomic E-state index is 13.1. The molecule has 0 aliphatic heterocycles. The summed E-state index contributed by atoms with van der Waals surface area (Å²) in [6.07, 6.45) is 6.31. The van der Waals surface area contributed by atoms with Crippen molar-refractivity contribution in [3.05, 3.63) is 42.0 Å². The molecular formula is C23H31N3O5. The van der Waals surface area contributed by atoms with Crippen LogP contribution in [0.2, 0.25) is 0 Å². The summed E-state index contributed by atoms with van der Waals surface area (Å²) in [6.45, 7) is 11.5. The maximum Gasteiger partial charge on any atom is 0.408 e. The van der Waals surface area contributed by atoms with Crippen LogP contribution in [0.5, 0.6) is 0 Å². The summed E-state index contributed by atoms with van der Waals surface area (Å²) in [5.41, 5.74) is 0.384. The van der Waals surface area contributed by atoms with Crippen LogP contribution in [-0.2, 0) is 14.3 Å². The minimum atomic E-state index is -1.40. The van der Waals surface area contributed by atoms with Crippen LogP contribution < -0.4 is 10.6 Å². The number of aliphatic hydroxyl groups excluding tert-OH is 1. The van der Waals surface area contributed by atoms with E-state index in [2.05, 4.69) is 23.3 Å². The Labute approximate surface area is 183 Å². The van der Waals surface area contributed by atoms with Crippen LogP contribution in [0.4, 0.5) is 4.79 Å². The summed E-state index contributed by atoms with van der Waals surface area (Å²) < 4.78 is 5.14. The third-order valence-corrected chi connectivity index (χ3v) is 3.95. The minimum Gasteiger partial charge on any atom is -0.444 e. The third kappa shape index (κ3) is 7.79. The number of terminal acetylenes is 1. The Kier molecular flexibility index (Phi) is 9.28. The van der Waals surface area contributed by atoms with Gasteiger partial charge >= 0.3 is 6.09 Å². The third-order valence-electron chi connectivity index (χ3n) is 3.95. The molecule has 0 saturated heterocycles. The molecular weight excluding hydrogens is 398 g/mol. The predicted molar refractivity (Wildman–Crippen MR) is 118 cm³/mol. The Balaban J connectivity index is 3.30. The van der Waals surface area contributed by atoms with E-state index in [1.54, 1.807) is 65.0 Å². The summed E-state index contributed by atoms with van der Waals surface area (Å²) in [7, 11) is 0. The van der Waals surface area contributed by atoms with E-state index in [4.69, 9.17) is 11.2 Å². The lowest BCUT2D eigenvalue weighted by molar-refractivity contribution is -0.139. The van der Waals surface area contributed by atoms with E-state index in [0.717, 1.165) is 10.5 Å². The lowest BCUT2D eigenvalue weighted by atomic mass is 10.0. The molecule has 3 N–H and O–H groups in total. The first-order chi connectivity index (χ1) is 14.4. The number of alkyl carbamates (subject to hydrolysis) is 1. The van der Waals surface area contributed by atoms with Crippen LogP contribution in [0.25, 0.3) is 6.08 Å². The first-order valence-electron chi connectivity index (χ1n) is 9.86. The van der Waals surface area contributed by atoms with E-state index in [1.165, 1.54) is 0 Å². The average molecular weight is 430 g/mol. The molecule has 3 amide bonds. The lowest BCUT2D eigenvalue weighted by Gasteiger charge is -2.30. The molecule has 0 aromatic heterocycles. The summed E-state index contributed by atoms with van der Waals surface area (Å²) in [4.78, 5) is 39.0. The van der Waals surface area contributed by atoms with Gasteiger partial charge in [-0.25, -0.2) is 4.79 Å². The number of rotatable bonds is 8. The molecule has 168 valence electrons. The molecule has 0 spiro atoms. The molecule has 0 aliphatic carbocycles. The summed E-state index contributed by atoms with van der Waals surface area (Å²) >= 11 is 0. The fraction of sp³-hybridized carbons (Fsp3) is 0.435. The second-order valence-corrected chi connectivity index (χ2v) is 8.16. The van der Waals surface area contributed by atoms with Crippen molar-refractivity contribution in [2.24, 2.45) is 0 Å². The van der Waals surface area contributed by atoms with E-state index >= 15 is 0 Å². The topological polar surface area (TPSA) is 108 Å². The molecule has 8 nitrogen and oxygen atoms in total. The highest BCUT2D eigenvalue weighted by Crippen LogP contribution is 2.23. The lowest BCUT2D eigenvalue weighted by Crippen LogP contribution is -2.53. The van der Waals surface area contributed by atoms with E-state index in [-0.39, 0.29) is 6.04 Å². The van der Waals surface area contributed by atoms with E-state index in [0.29, 0.717) is 5.56 Å². The van der Waals surface area contributed by atoms with Crippen LogP contribution in [0.1, 0.15) is 51.8 Å². The molecule has 0 bridgehead atoms. The fourth-order valence-corrected chi connectivity index (χ4v) is 2.71. The molecule has 1 aromatic carbocycles. The van der Waals surface area contributed by atoms with Crippen LogP contribution in [0.15, 0.2) is 30.8 Å². The highest BCUT2D eigenvalue weighted by molar-refractivity contribution is 5.93. The number of hydrogen-bond acceptors (Lipinski definition) is 5. The number of hydrogen-bond donors (Lipinski definition) is 3. The van der Waals surface area contributed by atoms with Crippen molar-refractivity contribution in [2.45, 2.75) is 58.3 Å². The Morgan fingerprint density at radius 3 is 2.42 bits per heavy atom. The van der Waals surface area contributed by atoms with Crippen molar-refractivity contribution in [3.63, 3.8) is 0 Å². The van der Waals surface area contributed by atoms with Gasteiger partial charge in [-0.15, -0.1) is 0 Å². The van der Waals surface area contributed by atoms with E-state index in [1.807, 2.05) is 0 Å². The zero-order chi connectivity index (χ0) is 23.8. The van der Waals surface area contributed by atoms with Gasteiger partial charge in [-0.1, -0.05) is 37.3 Å². The highest BCUT2D eigenvalue weighted by atomic mass is 16.6. The molecule has 0 aliphatic rings. The number of carbonyl (C=O) groups excluding carboxylic acids is 3. The summed E-state index contributed by atoms with van der Waals surface area (Å²) in [6, 6.07) is 6.27. The molecule has 2 unspecified atom stereocenters. The molecule has 0 heterocycles. The SMILES string of the molecule is C#CN(C(=O)C(CO)NC(=O)OC(C)(C)C)C(C(=O)NC(C)C)c1cccc(C=C)c1. The summed E-state index contributed by atoms with van der Waals surface area (Å²) in [5, 5.41) is 14.8. The molecule has 0 fully saturated rings. The van der Waals surface area contributed by atoms with Gasteiger partial charge in [0.25, 0.3) is 5.91 Å². The molecule has 1 rings (SSSR count). The van der Waals surface area contributed by atoms with Gasteiger partial charge < -0.3 is 20.5 Å². The van der Waals surface area contributed by atoms with Gasteiger partial charge in [0.2, 0.25) is 5.91 Å². The predicted octanol–water partition coefficient (Wildman–Crippen LogP) is 2.20. The fourth-order valence-electron chi connectivity index (χ4n) is 2.71. The maximum atomic E-state index is 13.1. The zero-order valence-corrected chi connectivity index (χ0v) is 18.6. The second-order valence-electron chi connectivity index (χ2n) is 8.16. The minimum absolute atomic E-state index is 0.208. The molecule has 0 radical (unpaired) electrons. The number of benzene rings is 1. The molecule has 8 heteroatoms. The van der Waals surface area contributed by atoms with Gasteiger partial charge in [-0.3, -0.25) is 14.5 Å². The molecule has 0 saturated carbocycles. The van der Waals surface area contributed by atoms with Gasteiger partial charge in [0.05, 0.1) is 6.61 Å². The number of carbonyl (C=O) groups is 3. The van der Waals surface area contributed by atoms with Gasteiger partial charge in [0, 0.05) is 12.1 Å². The largest absolute Gasteiger partial charge is 0.444 e. The van der Waals surface area contributed by atoms with Crippen LogP contribution in [0, 0.1) is 12.5 Å². The van der Waals surface area contributed by atoms with Crippen LogP contribution >= 0.6 is 0 Å². The van der Waals surface area contributed by atoms with Gasteiger partial charge in [-0.2, -0.15) is 0 Å². The second kappa shape index (κ2) is 11.2. The molecule has 1 aromatic rings. The van der Waals surface area contributed by atoms with Crippen LogP contribution in [-0.4, -0.2) is 52.2 Å². The number of amides is 3. The highest BCUT2D eigenvalue weighted by Gasteiger charge is 2.35. The van der Waals surface area contributed by atoms with Crippen molar-refractivity contribution < 1.29 is 24.2 Å². The first-order valence-corrected chi connectivity index (χ1v) is 9.86. The van der Waals surface area contributed by atoms with Crippen molar-refractivity contribution >= 4 is 24.0 Å². The quantitative estimate of drug-likeness (QED) is 0.434. The Morgan fingerprint density at radius 1 is 1.29 bits per heavy atom. The summed E-state index contributed by atoms with van der Waals surface area (Å²) in [5.74, 6) is -1.33. The van der Waals surface area contributed by atoms with Crippen molar-refractivity contribution in [1.82, 2.24) is 15.5 Å². The normalized spacial score (nSPS) is 12.8. The Hall–Kier alpha value is -3.31. The average Bonchev–Trinajstić information content (AvgIpc) is 2.67. The van der Waals surface area contributed by atoms with Crippen molar-refractivity contribution in [3.8, 4) is 12.5 Å². The zero-order valence-electron chi connectivity index (χ0n) is 18.6. The first kappa shape index (κ1) is 25.7. The monoisotopic (exact) mass is 429 g/mol. The molecule has 31 heavy (non-hydrogen) atoms.